The van der Waals surface area contributed by atoms with Crippen molar-refractivity contribution in [3.63, 3.8) is 0 Å². The van der Waals surface area contributed by atoms with Crippen molar-refractivity contribution in [2.24, 2.45) is 5.92 Å². The lowest BCUT2D eigenvalue weighted by atomic mass is 9.78. The molecule has 2 heterocycles. The van der Waals surface area contributed by atoms with Crippen molar-refractivity contribution in [3.05, 3.63) is 11.9 Å². The first kappa shape index (κ1) is 14.6. The van der Waals surface area contributed by atoms with Crippen LogP contribution in [0.5, 0.6) is 0 Å². The second kappa shape index (κ2) is 6.63. The molecule has 1 aromatic rings. The van der Waals surface area contributed by atoms with Gasteiger partial charge in [0.05, 0.1) is 0 Å². The summed E-state index contributed by atoms with van der Waals surface area (Å²) in [5, 5.41) is 3.41. The molecule has 0 spiro atoms. The highest BCUT2D eigenvalue weighted by atomic mass is 15.2. The number of rotatable bonds is 4. The smallest absolute Gasteiger partial charge is 0.134 e. The molecule has 1 aromatic heterocycles. The summed E-state index contributed by atoms with van der Waals surface area (Å²) in [7, 11) is 0. The molecule has 2 fully saturated rings. The number of anilines is 2. The van der Waals surface area contributed by atoms with Gasteiger partial charge in [-0.1, -0.05) is 19.8 Å². The van der Waals surface area contributed by atoms with E-state index in [0.29, 0.717) is 6.04 Å². The van der Waals surface area contributed by atoms with Gasteiger partial charge >= 0.3 is 0 Å². The van der Waals surface area contributed by atoms with Crippen LogP contribution in [0, 0.1) is 12.8 Å². The lowest BCUT2D eigenvalue weighted by molar-refractivity contribution is 0.242. The number of hydrogen-bond acceptors (Lipinski definition) is 4. The van der Waals surface area contributed by atoms with Crippen LogP contribution >= 0.6 is 0 Å². The lowest BCUT2D eigenvalue weighted by Crippen LogP contribution is -2.47. The Bertz CT molecular complexity index is 472. The number of aryl methyl sites for hydroxylation is 1. The molecule has 1 saturated carbocycles. The molecule has 0 aromatic carbocycles. The quantitative estimate of drug-likeness (QED) is 0.915. The van der Waals surface area contributed by atoms with Gasteiger partial charge in [-0.2, -0.15) is 0 Å². The van der Waals surface area contributed by atoms with Crippen molar-refractivity contribution in [2.45, 2.75) is 64.8 Å². The minimum atomic E-state index is 0.709. The molecule has 2 atom stereocenters. The molecule has 4 nitrogen and oxygen atoms in total. The summed E-state index contributed by atoms with van der Waals surface area (Å²) in [6, 6.07) is 2.86. The largest absolute Gasteiger partial charge is 0.370 e. The fourth-order valence-electron chi connectivity index (χ4n) is 3.95. The maximum absolute atomic E-state index is 4.73. The van der Waals surface area contributed by atoms with Crippen molar-refractivity contribution in [1.82, 2.24) is 9.97 Å². The minimum Gasteiger partial charge on any atom is -0.370 e. The molecule has 0 radical (unpaired) electrons. The van der Waals surface area contributed by atoms with E-state index in [0.717, 1.165) is 42.9 Å². The molecule has 116 valence electrons. The number of aromatic nitrogens is 2. The molecule has 2 unspecified atom stereocenters. The van der Waals surface area contributed by atoms with E-state index in [9.17, 15) is 0 Å². The van der Waals surface area contributed by atoms with Gasteiger partial charge in [-0.15, -0.1) is 0 Å². The topological polar surface area (TPSA) is 41.0 Å². The molecular weight excluding hydrogens is 260 g/mol. The molecule has 1 saturated heterocycles. The van der Waals surface area contributed by atoms with Gasteiger partial charge in [-0.3, -0.25) is 0 Å². The predicted molar refractivity (Wildman–Crippen MR) is 87.9 cm³/mol. The highest BCUT2D eigenvalue weighted by molar-refractivity contribution is 5.50. The van der Waals surface area contributed by atoms with Crippen LogP contribution in [0.3, 0.4) is 0 Å². The van der Waals surface area contributed by atoms with Crippen LogP contribution in [0.1, 0.15) is 57.7 Å². The number of hydrogen-bond donors (Lipinski definition) is 1. The standard InChI is InChI=1S/C17H28N4/c1-3-10-18-16-12-17(20-13(2)19-16)21-11-6-8-14-7-4-5-9-15(14)21/h12,14-15H,3-11H2,1-2H3,(H,18,19,20). The first-order chi connectivity index (χ1) is 10.3. The number of fused-ring (bicyclic) bond motifs is 1. The van der Waals surface area contributed by atoms with Gasteiger partial charge in [-0.05, 0) is 44.9 Å². The van der Waals surface area contributed by atoms with Gasteiger partial charge in [0.15, 0.2) is 0 Å². The Labute approximate surface area is 128 Å². The van der Waals surface area contributed by atoms with Crippen LogP contribution < -0.4 is 10.2 Å². The Morgan fingerprint density at radius 2 is 2.00 bits per heavy atom. The first-order valence-electron chi connectivity index (χ1n) is 8.64. The number of nitrogens with zero attached hydrogens (tertiary/aromatic N) is 3. The Balaban J connectivity index is 1.82. The van der Waals surface area contributed by atoms with E-state index < -0.39 is 0 Å². The highest BCUT2D eigenvalue weighted by Gasteiger charge is 2.34. The number of piperidine rings is 1. The van der Waals surface area contributed by atoms with Crippen LogP contribution in [0.2, 0.25) is 0 Å². The minimum absolute atomic E-state index is 0.709. The second-order valence-electron chi connectivity index (χ2n) is 6.53. The van der Waals surface area contributed by atoms with E-state index in [4.69, 9.17) is 4.98 Å². The summed E-state index contributed by atoms with van der Waals surface area (Å²) >= 11 is 0. The second-order valence-corrected chi connectivity index (χ2v) is 6.53. The average molecular weight is 288 g/mol. The zero-order chi connectivity index (χ0) is 14.7. The fourth-order valence-corrected chi connectivity index (χ4v) is 3.95. The van der Waals surface area contributed by atoms with E-state index in [1.54, 1.807) is 0 Å². The van der Waals surface area contributed by atoms with Crippen molar-refractivity contribution in [1.29, 1.82) is 0 Å². The van der Waals surface area contributed by atoms with Gasteiger partial charge in [0.2, 0.25) is 0 Å². The molecule has 1 aliphatic heterocycles. The predicted octanol–water partition coefficient (Wildman–Crippen LogP) is 3.77. The third kappa shape index (κ3) is 3.30. The third-order valence-corrected chi connectivity index (χ3v) is 4.92. The summed E-state index contributed by atoms with van der Waals surface area (Å²) in [6.07, 6.45) is 9.38. The highest BCUT2D eigenvalue weighted by Crippen LogP contribution is 2.37. The van der Waals surface area contributed by atoms with Crippen LogP contribution in [-0.4, -0.2) is 29.1 Å². The summed E-state index contributed by atoms with van der Waals surface area (Å²) in [5.74, 6) is 3.88. The monoisotopic (exact) mass is 288 g/mol. The van der Waals surface area contributed by atoms with E-state index >= 15 is 0 Å². The van der Waals surface area contributed by atoms with E-state index in [1.165, 1.54) is 38.5 Å². The molecule has 0 bridgehead atoms. The third-order valence-electron chi connectivity index (χ3n) is 4.92. The van der Waals surface area contributed by atoms with E-state index in [2.05, 4.69) is 28.2 Å². The number of nitrogens with one attached hydrogen (secondary N) is 1. The summed E-state index contributed by atoms with van der Waals surface area (Å²) in [4.78, 5) is 11.8. The van der Waals surface area contributed by atoms with Gasteiger partial charge in [0, 0.05) is 25.2 Å². The lowest BCUT2D eigenvalue weighted by Gasteiger charge is -2.44. The van der Waals surface area contributed by atoms with E-state index in [1.807, 2.05) is 6.92 Å². The zero-order valence-electron chi connectivity index (χ0n) is 13.4. The van der Waals surface area contributed by atoms with Crippen molar-refractivity contribution < 1.29 is 0 Å². The molecule has 3 rings (SSSR count). The summed E-state index contributed by atoms with van der Waals surface area (Å²) < 4.78 is 0. The normalized spacial score (nSPS) is 25.5. The van der Waals surface area contributed by atoms with Gasteiger partial charge in [0.25, 0.3) is 0 Å². The Morgan fingerprint density at radius 3 is 2.86 bits per heavy atom. The van der Waals surface area contributed by atoms with Gasteiger partial charge in [0.1, 0.15) is 17.5 Å². The molecule has 21 heavy (non-hydrogen) atoms. The maximum atomic E-state index is 4.73. The molecular formula is C17H28N4. The molecule has 1 aliphatic carbocycles. The average Bonchev–Trinajstić information content (AvgIpc) is 2.52. The zero-order valence-corrected chi connectivity index (χ0v) is 13.4. The first-order valence-corrected chi connectivity index (χ1v) is 8.64. The molecule has 4 heteroatoms. The van der Waals surface area contributed by atoms with Crippen LogP contribution in [-0.2, 0) is 0 Å². The van der Waals surface area contributed by atoms with Crippen LogP contribution in [0.15, 0.2) is 6.07 Å². The Kier molecular flexibility index (Phi) is 4.61. The molecule has 0 amide bonds. The van der Waals surface area contributed by atoms with E-state index in [-0.39, 0.29) is 0 Å². The van der Waals surface area contributed by atoms with Crippen molar-refractivity contribution in [3.8, 4) is 0 Å². The SMILES string of the molecule is CCCNc1cc(N2CCCC3CCCCC32)nc(C)n1. The molecule has 1 N–H and O–H groups in total. The fraction of sp³-hybridized carbons (Fsp3) is 0.765. The Hall–Kier alpha value is -1.32. The van der Waals surface area contributed by atoms with Crippen molar-refractivity contribution >= 4 is 11.6 Å². The molecule has 2 aliphatic rings. The van der Waals surface area contributed by atoms with Crippen LogP contribution in [0.4, 0.5) is 11.6 Å². The van der Waals surface area contributed by atoms with Crippen molar-refractivity contribution in [2.75, 3.05) is 23.3 Å². The summed E-state index contributed by atoms with van der Waals surface area (Å²) in [6.45, 7) is 6.31. The van der Waals surface area contributed by atoms with Gasteiger partial charge in [-0.25, -0.2) is 9.97 Å². The Morgan fingerprint density at radius 1 is 1.19 bits per heavy atom. The van der Waals surface area contributed by atoms with Crippen LogP contribution in [0.25, 0.3) is 0 Å². The maximum Gasteiger partial charge on any atom is 0.134 e. The van der Waals surface area contributed by atoms with Gasteiger partial charge < -0.3 is 10.2 Å². The summed E-state index contributed by atoms with van der Waals surface area (Å²) in [5.41, 5.74) is 0.